The monoisotopic (exact) mass is 377 g/mol. The normalized spacial score (nSPS) is 12.7. The number of carbonyl (C=O) groups excluding carboxylic acids is 3. The number of imide groups is 1. The summed E-state index contributed by atoms with van der Waals surface area (Å²) in [6, 6.07) is 12.2. The lowest BCUT2D eigenvalue weighted by atomic mass is 10.1. The maximum Gasteiger partial charge on any atom is 0.261 e. The Morgan fingerprint density at radius 2 is 1.68 bits per heavy atom. The van der Waals surface area contributed by atoms with E-state index in [1.54, 1.807) is 6.07 Å². The Kier molecular flexibility index (Phi) is 5.59. The fourth-order valence-electron chi connectivity index (χ4n) is 3.27. The molecule has 0 radical (unpaired) electrons. The molecule has 6 nitrogen and oxygen atoms in total. The van der Waals surface area contributed by atoms with Crippen molar-refractivity contribution in [2.45, 2.75) is 13.8 Å². The second-order valence-corrected chi connectivity index (χ2v) is 6.44. The number of anilines is 2. The van der Waals surface area contributed by atoms with Crippen LogP contribution in [0.5, 0.6) is 0 Å². The lowest BCUT2D eigenvalue weighted by Gasteiger charge is -2.21. The molecule has 1 N–H and O–H groups in total. The summed E-state index contributed by atoms with van der Waals surface area (Å²) in [5.41, 5.74) is 2.64. The lowest BCUT2D eigenvalue weighted by molar-refractivity contribution is 0.0672. The van der Waals surface area contributed by atoms with Gasteiger partial charge in [-0.15, -0.1) is 6.58 Å². The summed E-state index contributed by atoms with van der Waals surface area (Å²) in [5.74, 6) is -1.10. The Hall–Kier alpha value is -3.41. The van der Waals surface area contributed by atoms with Gasteiger partial charge < -0.3 is 10.2 Å². The highest BCUT2D eigenvalue weighted by molar-refractivity contribution is 6.22. The summed E-state index contributed by atoms with van der Waals surface area (Å²) in [7, 11) is 0. The average Bonchev–Trinajstić information content (AvgIpc) is 2.95. The van der Waals surface area contributed by atoms with E-state index in [0.717, 1.165) is 23.7 Å². The van der Waals surface area contributed by atoms with Crippen LogP contribution < -0.4 is 10.2 Å². The van der Waals surface area contributed by atoms with Gasteiger partial charge in [-0.1, -0.05) is 6.08 Å². The van der Waals surface area contributed by atoms with Crippen molar-refractivity contribution in [2.75, 3.05) is 29.9 Å². The highest BCUT2D eigenvalue weighted by Gasteiger charge is 2.35. The van der Waals surface area contributed by atoms with Crippen LogP contribution in [0, 0.1) is 0 Å². The molecular formula is C22H23N3O3. The summed E-state index contributed by atoms with van der Waals surface area (Å²) < 4.78 is 0. The van der Waals surface area contributed by atoms with Crippen molar-refractivity contribution >= 4 is 29.1 Å². The summed E-state index contributed by atoms with van der Waals surface area (Å²) in [6.45, 7) is 9.71. The number of benzene rings is 2. The second-order valence-electron chi connectivity index (χ2n) is 6.44. The SMILES string of the molecule is C=CCN1C(=O)c2ccc(C(=O)Nc3ccc(N(CC)CC)cc3)cc2C1=O. The lowest BCUT2D eigenvalue weighted by Crippen LogP contribution is -2.29. The summed E-state index contributed by atoms with van der Waals surface area (Å²) >= 11 is 0. The molecule has 6 heteroatoms. The predicted octanol–water partition coefficient (Wildman–Crippen LogP) is 3.57. The van der Waals surface area contributed by atoms with Crippen molar-refractivity contribution in [1.29, 1.82) is 0 Å². The first-order valence-electron chi connectivity index (χ1n) is 9.27. The van der Waals surface area contributed by atoms with Crippen LogP contribution in [0.4, 0.5) is 11.4 Å². The molecule has 144 valence electrons. The van der Waals surface area contributed by atoms with Crippen LogP contribution in [-0.4, -0.2) is 42.3 Å². The third kappa shape index (κ3) is 3.53. The molecule has 0 saturated carbocycles. The molecule has 2 aromatic rings. The number of fused-ring (bicyclic) bond motifs is 1. The Morgan fingerprint density at radius 3 is 2.29 bits per heavy atom. The standard InChI is InChI=1S/C22H23N3O3/c1-4-13-25-21(27)18-12-7-15(14-19(18)22(25)28)20(26)23-16-8-10-17(11-9-16)24(5-2)6-3/h4,7-12,14H,1,5-6,13H2,2-3H3,(H,23,26). The smallest absolute Gasteiger partial charge is 0.261 e. The van der Waals surface area contributed by atoms with E-state index in [-0.39, 0.29) is 23.9 Å². The topological polar surface area (TPSA) is 69.7 Å². The number of nitrogens with one attached hydrogen (secondary N) is 1. The molecule has 0 spiro atoms. The van der Waals surface area contributed by atoms with Crippen LogP contribution in [0.25, 0.3) is 0 Å². The van der Waals surface area contributed by atoms with E-state index >= 15 is 0 Å². The second kappa shape index (κ2) is 8.08. The molecule has 0 saturated heterocycles. The maximum atomic E-state index is 12.6. The van der Waals surface area contributed by atoms with Crippen LogP contribution >= 0.6 is 0 Å². The van der Waals surface area contributed by atoms with Crippen LogP contribution in [0.1, 0.15) is 44.9 Å². The summed E-state index contributed by atoms with van der Waals surface area (Å²) in [5, 5.41) is 2.83. The van der Waals surface area contributed by atoms with Gasteiger partial charge in [0.15, 0.2) is 0 Å². The number of nitrogens with zero attached hydrogens (tertiary/aromatic N) is 2. The van der Waals surface area contributed by atoms with Gasteiger partial charge in [0.1, 0.15) is 0 Å². The van der Waals surface area contributed by atoms with Crippen molar-refractivity contribution in [1.82, 2.24) is 4.90 Å². The van der Waals surface area contributed by atoms with Crippen molar-refractivity contribution in [3.63, 3.8) is 0 Å². The fraction of sp³-hybridized carbons (Fsp3) is 0.227. The van der Waals surface area contributed by atoms with Crippen LogP contribution in [0.2, 0.25) is 0 Å². The number of amides is 3. The van der Waals surface area contributed by atoms with Crippen molar-refractivity contribution in [3.8, 4) is 0 Å². The zero-order valence-corrected chi connectivity index (χ0v) is 16.1. The molecule has 0 bridgehead atoms. The third-order valence-electron chi connectivity index (χ3n) is 4.80. The van der Waals surface area contributed by atoms with Gasteiger partial charge >= 0.3 is 0 Å². The van der Waals surface area contributed by atoms with Gasteiger partial charge in [0.05, 0.1) is 11.1 Å². The minimum atomic E-state index is -0.405. The maximum absolute atomic E-state index is 12.6. The molecule has 0 unspecified atom stereocenters. The first-order valence-corrected chi connectivity index (χ1v) is 9.27. The molecule has 1 heterocycles. The first kappa shape index (κ1) is 19.4. The predicted molar refractivity (Wildman–Crippen MR) is 110 cm³/mol. The quantitative estimate of drug-likeness (QED) is 0.592. The Labute approximate surface area is 164 Å². The molecule has 3 rings (SSSR count). The highest BCUT2D eigenvalue weighted by Crippen LogP contribution is 2.25. The van der Waals surface area contributed by atoms with E-state index in [4.69, 9.17) is 0 Å². The minimum Gasteiger partial charge on any atom is -0.372 e. The fourth-order valence-corrected chi connectivity index (χ4v) is 3.27. The molecule has 3 amide bonds. The molecule has 0 aromatic heterocycles. The van der Waals surface area contributed by atoms with E-state index in [1.807, 2.05) is 24.3 Å². The van der Waals surface area contributed by atoms with Gasteiger partial charge in [0.25, 0.3) is 17.7 Å². The van der Waals surface area contributed by atoms with E-state index in [9.17, 15) is 14.4 Å². The molecule has 0 aliphatic carbocycles. The van der Waals surface area contributed by atoms with Crippen LogP contribution in [0.15, 0.2) is 55.1 Å². The first-order chi connectivity index (χ1) is 13.5. The Balaban J connectivity index is 1.77. The van der Waals surface area contributed by atoms with E-state index in [0.29, 0.717) is 16.8 Å². The van der Waals surface area contributed by atoms with Gasteiger partial charge in [-0.25, -0.2) is 0 Å². The largest absolute Gasteiger partial charge is 0.372 e. The highest BCUT2D eigenvalue weighted by atomic mass is 16.2. The summed E-state index contributed by atoms with van der Waals surface area (Å²) in [4.78, 5) is 40.6. The Bertz CT molecular complexity index is 931. The Morgan fingerprint density at radius 1 is 1.04 bits per heavy atom. The number of rotatable bonds is 7. The molecule has 0 atom stereocenters. The van der Waals surface area contributed by atoms with Crippen LogP contribution in [-0.2, 0) is 0 Å². The molecular weight excluding hydrogens is 354 g/mol. The van der Waals surface area contributed by atoms with Crippen molar-refractivity contribution in [3.05, 3.63) is 71.8 Å². The molecule has 0 fully saturated rings. The zero-order valence-electron chi connectivity index (χ0n) is 16.1. The molecule has 1 aliphatic heterocycles. The number of hydrogen-bond donors (Lipinski definition) is 1. The van der Waals surface area contributed by atoms with Gasteiger partial charge in [0.2, 0.25) is 0 Å². The number of carbonyl (C=O) groups is 3. The van der Waals surface area contributed by atoms with Gasteiger partial charge in [-0.05, 0) is 56.3 Å². The zero-order chi connectivity index (χ0) is 20.3. The average molecular weight is 377 g/mol. The van der Waals surface area contributed by atoms with Crippen LogP contribution in [0.3, 0.4) is 0 Å². The molecule has 1 aliphatic rings. The van der Waals surface area contributed by atoms with Crippen molar-refractivity contribution < 1.29 is 14.4 Å². The van der Waals surface area contributed by atoms with E-state index < -0.39 is 5.91 Å². The van der Waals surface area contributed by atoms with Gasteiger partial charge in [-0.3, -0.25) is 19.3 Å². The number of hydrogen-bond acceptors (Lipinski definition) is 4. The van der Waals surface area contributed by atoms with Crippen molar-refractivity contribution in [2.24, 2.45) is 0 Å². The molecule has 2 aromatic carbocycles. The van der Waals surface area contributed by atoms with Gasteiger partial charge in [-0.2, -0.15) is 0 Å². The van der Waals surface area contributed by atoms with E-state index in [2.05, 4.69) is 30.6 Å². The summed E-state index contributed by atoms with van der Waals surface area (Å²) in [6.07, 6.45) is 1.50. The minimum absolute atomic E-state index is 0.146. The van der Waals surface area contributed by atoms with Gasteiger partial charge in [0, 0.05) is 36.6 Å². The molecule has 28 heavy (non-hydrogen) atoms. The van der Waals surface area contributed by atoms with E-state index in [1.165, 1.54) is 18.2 Å². The third-order valence-corrected chi connectivity index (χ3v) is 4.80.